The lowest BCUT2D eigenvalue weighted by Gasteiger charge is -2.31. The highest BCUT2D eigenvalue weighted by Gasteiger charge is 2.42. The Morgan fingerprint density at radius 1 is 0.850 bits per heavy atom. The van der Waals surface area contributed by atoms with Gasteiger partial charge in [0, 0.05) is 24.2 Å². The minimum absolute atomic E-state index is 0.00617. The number of amides is 2. The number of fused-ring (bicyclic) bond motifs is 3. The van der Waals surface area contributed by atoms with Gasteiger partial charge in [0.2, 0.25) is 11.7 Å². The predicted molar refractivity (Wildman–Crippen MR) is 147 cm³/mol. The van der Waals surface area contributed by atoms with E-state index in [0.29, 0.717) is 0 Å². The van der Waals surface area contributed by atoms with Crippen LogP contribution in [0.5, 0.6) is 28.7 Å². The molecule has 0 bridgehead atoms. The van der Waals surface area contributed by atoms with Crippen LogP contribution in [0.1, 0.15) is 33.1 Å². The topological polar surface area (TPSA) is 129 Å². The number of aromatic hydroxyl groups is 3. The lowest BCUT2D eigenvalue weighted by atomic mass is 9.90. The number of rotatable bonds is 7. The van der Waals surface area contributed by atoms with E-state index in [4.69, 9.17) is 9.47 Å². The van der Waals surface area contributed by atoms with E-state index in [1.54, 1.807) is 0 Å². The van der Waals surface area contributed by atoms with Gasteiger partial charge >= 0.3 is 0 Å². The molecule has 1 unspecified atom stereocenters. The van der Waals surface area contributed by atoms with Crippen molar-refractivity contribution in [2.45, 2.75) is 19.1 Å². The van der Waals surface area contributed by atoms with Gasteiger partial charge in [0.15, 0.2) is 23.0 Å². The Labute approximate surface area is 230 Å². The summed E-state index contributed by atoms with van der Waals surface area (Å²) >= 11 is 0. The van der Waals surface area contributed by atoms with Crippen LogP contribution in [-0.4, -0.2) is 46.3 Å². The van der Waals surface area contributed by atoms with Crippen LogP contribution in [0.25, 0.3) is 11.1 Å². The van der Waals surface area contributed by atoms with Crippen LogP contribution < -0.4 is 14.8 Å². The number of carbonyl (C=O) groups excluding carboxylic acids is 2. The number of phenols is 3. The summed E-state index contributed by atoms with van der Waals surface area (Å²) in [6.45, 7) is 0.249. The second kappa shape index (κ2) is 10.9. The Hall–Kier alpha value is -5.18. The molecule has 204 valence electrons. The monoisotopic (exact) mass is 540 g/mol. The van der Waals surface area contributed by atoms with Crippen molar-refractivity contribution in [3.63, 3.8) is 0 Å². The molecule has 0 saturated heterocycles. The first-order valence-electron chi connectivity index (χ1n) is 12.5. The number of nitrogens with zero attached hydrogens (tertiary/aromatic N) is 1. The molecule has 1 heterocycles. The van der Waals surface area contributed by atoms with Crippen LogP contribution in [0.15, 0.2) is 78.9 Å². The van der Waals surface area contributed by atoms with Crippen LogP contribution in [0.3, 0.4) is 0 Å². The second-order valence-corrected chi connectivity index (χ2v) is 9.31. The second-order valence-electron chi connectivity index (χ2n) is 9.31. The molecule has 0 radical (unpaired) electrons. The van der Waals surface area contributed by atoms with Gasteiger partial charge in [-0.3, -0.25) is 9.59 Å². The summed E-state index contributed by atoms with van der Waals surface area (Å²) in [6.07, 6.45) is 0. The van der Waals surface area contributed by atoms with Crippen molar-refractivity contribution >= 4 is 11.8 Å². The van der Waals surface area contributed by atoms with E-state index in [9.17, 15) is 24.9 Å². The normalized spacial score (nSPS) is 14.1. The van der Waals surface area contributed by atoms with E-state index < -0.39 is 29.4 Å². The molecule has 1 atom stereocenters. The number of phenolic OH excluding ortho intramolecular Hbond substituents is 3. The predicted octanol–water partition coefficient (Wildman–Crippen LogP) is 4.50. The lowest BCUT2D eigenvalue weighted by molar-refractivity contribution is -0.126. The summed E-state index contributed by atoms with van der Waals surface area (Å²) in [4.78, 5) is 29.7. The van der Waals surface area contributed by atoms with Crippen molar-refractivity contribution in [2.75, 3.05) is 14.2 Å². The molecule has 5 rings (SSSR count). The van der Waals surface area contributed by atoms with E-state index in [-0.39, 0.29) is 52.6 Å². The number of methoxy groups -OCH3 is 2. The summed E-state index contributed by atoms with van der Waals surface area (Å²) in [5, 5.41) is 35.4. The molecule has 0 aromatic heterocycles. The fraction of sp³-hybridized carbons (Fsp3) is 0.161. The van der Waals surface area contributed by atoms with Gasteiger partial charge in [0.1, 0.15) is 6.04 Å². The molecular weight excluding hydrogens is 512 g/mol. The highest BCUT2D eigenvalue weighted by molar-refractivity contribution is 6.09. The van der Waals surface area contributed by atoms with Crippen molar-refractivity contribution in [2.24, 2.45) is 0 Å². The molecular formula is C31H28N2O7. The average molecular weight is 541 g/mol. The number of hydrogen-bond acceptors (Lipinski definition) is 7. The fourth-order valence-corrected chi connectivity index (χ4v) is 5.03. The summed E-state index contributed by atoms with van der Waals surface area (Å²) < 4.78 is 11.0. The van der Waals surface area contributed by atoms with Crippen molar-refractivity contribution in [3.8, 4) is 39.9 Å². The number of ether oxygens (including phenoxy) is 2. The molecule has 1 aliphatic rings. The molecule has 0 spiro atoms. The maximum Gasteiger partial charge on any atom is 0.255 e. The number of nitrogens with one attached hydrogen (secondary N) is 1. The SMILES string of the molecule is COc1cc2c(c(OC)c1O)-c1c(ccc(O)c1O)C(=O)N(Cc1ccccc1)C2C(=O)NCc1ccccc1. The minimum Gasteiger partial charge on any atom is -0.504 e. The van der Waals surface area contributed by atoms with Gasteiger partial charge in [-0.25, -0.2) is 0 Å². The summed E-state index contributed by atoms with van der Waals surface area (Å²) in [6, 6.07) is 21.3. The quantitative estimate of drug-likeness (QED) is 0.254. The largest absolute Gasteiger partial charge is 0.504 e. The first kappa shape index (κ1) is 26.4. The van der Waals surface area contributed by atoms with Gasteiger partial charge in [-0.15, -0.1) is 0 Å². The molecule has 4 aromatic rings. The van der Waals surface area contributed by atoms with Crippen LogP contribution in [0.4, 0.5) is 0 Å². The van der Waals surface area contributed by atoms with Crippen LogP contribution in [0, 0.1) is 0 Å². The fourth-order valence-electron chi connectivity index (χ4n) is 5.03. The number of carbonyl (C=O) groups is 2. The van der Waals surface area contributed by atoms with Crippen molar-refractivity contribution in [1.29, 1.82) is 0 Å². The highest BCUT2D eigenvalue weighted by atomic mass is 16.5. The first-order valence-corrected chi connectivity index (χ1v) is 12.5. The van der Waals surface area contributed by atoms with Gasteiger partial charge < -0.3 is 35.0 Å². The van der Waals surface area contributed by atoms with Crippen LogP contribution in [0.2, 0.25) is 0 Å². The van der Waals surface area contributed by atoms with Crippen LogP contribution >= 0.6 is 0 Å². The van der Waals surface area contributed by atoms with Crippen molar-refractivity contribution in [1.82, 2.24) is 10.2 Å². The standard InChI is InChI=1S/C31H28N2O7/c1-39-23-15-21-25(29(40-2)28(23)36)24-20(13-14-22(34)27(24)35)31(38)33(17-19-11-7-4-8-12-19)26(21)30(37)32-16-18-9-5-3-6-10-18/h3-15,26,34-36H,16-17H2,1-2H3,(H,32,37). The van der Waals surface area contributed by atoms with Gasteiger partial charge in [-0.1, -0.05) is 60.7 Å². The van der Waals surface area contributed by atoms with Crippen LogP contribution in [-0.2, 0) is 17.9 Å². The molecule has 9 nitrogen and oxygen atoms in total. The highest BCUT2D eigenvalue weighted by Crippen LogP contribution is 2.54. The van der Waals surface area contributed by atoms with Gasteiger partial charge in [-0.05, 0) is 34.9 Å². The van der Waals surface area contributed by atoms with Crippen molar-refractivity contribution in [3.05, 3.63) is 101 Å². The van der Waals surface area contributed by atoms with E-state index in [2.05, 4.69) is 5.32 Å². The molecule has 2 amide bonds. The molecule has 0 aliphatic carbocycles. The average Bonchev–Trinajstić information content (AvgIpc) is 3.07. The van der Waals surface area contributed by atoms with Gasteiger partial charge in [-0.2, -0.15) is 0 Å². The molecule has 1 aliphatic heterocycles. The zero-order chi connectivity index (χ0) is 28.4. The zero-order valence-corrected chi connectivity index (χ0v) is 21.9. The third-order valence-electron chi connectivity index (χ3n) is 6.93. The molecule has 40 heavy (non-hydrogen) atoms. The summed E-state index contributed by atoms with van der Waals surface area (Å²) in [5.74, 6) is -2.62. The Kier molecular flexibility index (Phi) is 7.20. The lowest BCUT2D eigenvalue weighted by Crippen LogP contribution is -2.42. The summed E-state index contributed by atoms with van der Waals surface area (Å²) in [7, 11) is 2.67. The zero-order valence-electron chi connectivity index (χ0n) is 21.9. The Bertz CT molecular complexity index is 1570. The van der Waals surface area contributed by atoms with E-state index in [1.807, 2.05) is 60.7 Å². The third-order valence-corrected chi connectivity index (χ3v) is 6.93. The van der Waals surface area contributed by atoms with E-state index >= 15 is 0 Å². The summed E-state index contributed by atoms with van der Waals surface area (Å²) in [5.41, 5.74) is 1.91. The third kappa shape index (κ3) is 4.62. The van der Waals surface area contributed by atoms with Gasteiger partial charge in [0.05, 0.1) is 19.8 Å². The number of hydrogen-bond donors (Lipinski definition) is 4. The van der Waals surface area contributed by atoms with E-state index in [1.165, 1.54) is 37.3 Å². The Morgan fingerprint density at radius 2 is 1.50 bits per heavy atom. The molecule has 4 aromatic carbocycles. The maximum absolute atomic E-state index is 14.2. The molecule has 0 fully saturated rings. The Morgan fingerprint density at radius 3 is 2.12 bits per heavy atom. The Balaban J connectivity index is 1.77. The molecule has 4 N–H and O–H groups in total. The smallest absolute Gasteiger partial charge is 0.255 e. The minimum atomic E-state index is -1.23. The van der Waals surface area contributed by atoms with Gasteiger partial charge in [0.25, 0.3) is 5.91 Å². The molecule has 9 heteroatoms. The van der Waals surface area contributed by atoms with Crippen molar-refractivity contribution < 1.29 is 34.4 Å². The van der Waals surface area contributed by atoms with E-state index in [0.717, 1.165) is 11.1 Å². The first-order chi connectivity index (χ1) is 19.3. The maximum atomic E-state index is 14.2. The number of benzene rings is 4. The molecule has 0 saturated carbocycles.